The second-order valence-electron chi connectivity index (χ2n) is 3.43. The topological polar surface area (TPSA) is 66.4 Å². The van der Waals surface area contributed by atoms with Crippen molar-refractivity contribution in [2.75, 3.05) is 5.75 Å². The van der Waals surface area contributed by atoms with E-state index in [9.17, 15) is 9.59 Å². The average molecular weight is 233 g/mol. The average Bonchev–Trinajstić information content (AvgIpc) is 2.17. The van der Waals surface area contributed by atoms with Crippen LogP contribution in [0.15, 0.2) is 0 Å². The van der Waals surface area contributed by atoms with Crippen LogP contribution in [-0.2, 0) is 9.59 Å². The zero-order chi connectivity index (χ0) is 11.7. The molecule has 0 rings (SSSR count). The monoisotopic (exact) mass is 233 g/mol. The minimum atomic E-state index is -0.993. The van der Waals surface area contributed by atoms with E-state index < -0.39 is 12.0 Å². The largest absolute Gasteiger partial charge is 0.480 e. The first-order chi connectivity index (χ1) is 7.11. The molecule has 1 atom stereocenters. The van der Waals surface area contributed by atoms with Crippen LogP contribution >= 0.6 is 12.6 Å². The van der Waals surface area contributed by atoms with Crippen LogP contribution in [-0.4, -0.2) is 28.8 Å². The van der Waals surface area contributed by atoms with Crippen molar-refractivity contribution in [2.24, 2.45) is 0 Å². The van der Waals surface area contributed by atoms with E-state index in [-0.39, 0.29) is 5.91 Å². The van der Waals surface area contributed by atoms with Crippen LogP contribution < -0.4 is 5.32 Å². The molecule has 0 radical (unpaired) electrons. The van der Waals surface area contributed by atoms with E-state index in [0.717, 1.165) is 19.3 Å². The van der Waals surface area contributed by atoms with Gasteiger partial charge in [0, 0.05) is 6.42 Å². The van der Waals surface area contributed by atoms with Gasteiger partial charge >= 0.3 is 5.97 Å². The Balaban J connectivity index is 3.84. The molecule has 0 unspecified atom stereocenters. The van der Waals surface area contributed by atoms with Crippen LogP contribution in [0, 0.1) is 0 Å². The Labute approximate surface area is 95.8 Å². The number of nitrogens with one attached hydrogen (secondary N) is 1. The molecule has 0 aliphatic heterocycles. The number of carbonyl (C=O) groups is 2. The van der Waals surface area contributed by atoms with Gasteiger partial charge in [-0.3, -0.25) is 4.79 Å². The number of rotatable bonds is 8. The summed E-state index contributed by atoms with van der Waals surface area (Å²) in [6.07, 6.45) is 3.63. The lowest BCUT2D eigenvalue weighted by Gasteiger charge is -2.12. The van der Waals surface area contributed by atoms with Crippen LogP contribution in [0.25, 0.3) is 0 Å². The van der Waals surface area contributed by atoms with E-state index in [2.05, 4.69) is 24.9 Å². The number of carboxylic acids is 1. The highest BCUT2D eigenvalue weighted by Crippen LogP contribution is 2.01. The molecule has 0 bridgehead atoms. The Bertz CT molecular complexity index is 209. The summed E-state index contributed by atoms with van der Waals surface area (Å²) in [5.41, 5.74) is 0. The minimum absolute atomic E-state index is 0.183. The van der Waals surface area contributed by atoms with Gasteiger partial charge in [-0.25, -0.2) is 4.79 Å². The predicted octanol–water partition coefficient (Wildman–Crippen LogP) is 1.46. The fraction of sp³-hybridized carbons (Fsp3) is 0.800. The summed E-state index contributed by atoms with van der Waals surface area (Å²) in [6.45, 7) is 2.05. The second kappa shape index (κ2) is 8.59. The number of thiol groups is 1. The van der Waals surface area contributed by atoms with Crippen molar-refractivity contribution in [1.82, 2.24) is 5.32 Å². The number of aliphatic carboxylic acids is 1. The highest BCUT2D eigenvalue weighted by atomic mass is 32.1. The maximum absolute atomic E-state index is 11.3. The fourth-order valence-electron chi connectivity index (χ4n) is 1.19. The predicted molar refractivity (Wildman–Crippen MR) is 62.2 cm³/mol. The van der Waals surface area contributed by atoms with Gasteiger partial charge in [0.1, 0.15) is 6.04 Å². The van der Waals surface area contributed by atoms with E-state index in [4.69, 9.17) is 5.11 Å². The Hall–Kier alpha value is -0.710. The quantitative estimate of drug-likeness (QED) is 0.439. The third-order valence-electron chi connectivity index (χ3n) is 2.06. The van der Waals surface area contributed by atoms with E-state index in [0.29, 0.717) is 18.6 Å². The molecule has 2 N–H and O–H groups in total. The van der Waals surface area contributed by atoms with Crippen molar-refractivity contribution < 1.29 is 14.7 Å². The molecule has 0 aromatic rings. The number of unbranched alkanes of at least 4 members (excludes halogenated alkanes) is 2. The minimum Gasteiger partial charge on any atom is -0.480 e. The molecule has 0 aliphatic rings. The first-order valence-electron chi connectivity index (χ1n) is 5.24. The Morgan fingerprint density at radius 1 is 1.40 bits per heavy atom. The van der Waals surface area contributed by atoms with Crippen LogP contribution in [0.3, 0.4) is 0 Å². The number of hydrogen-bond acceptors (Lipinski definition) is 3. The molecule has 0 aromatic heterocycles. The Kier molecular flexibility index (Phi) is 8.18. The molecule has 88 valence electrons. The second-order valence-corrected chi connectivity index (χ2v) is 3.87. The molecular weight excluding hydrogens is 214 g/mol. The van der Waals surface area contributed by atoms with Gasteiger partial charge in [-0.2, -0.15) is 12.6 Å². The van der Waals surface area contributed by atoms with Crippen LogP contribution in [0.2, 0.25) is 0 Å². The maximum Gasteiger partial charge on any atom is 0.326 e. The molecule has 0 aliphatic carbocycles. The zero-order valence-corrected chi connectivity index (χ0v) is 9.93. The number of hydrogen-bond donors (Lipinski definition) is 3. The third-order valence-corrected chi connectivity index (χ3v) is 2.32. The zero-order valence-electron chi connectivity index (χ0n) is 9.03. The molecule has 1 amide bonds. The summed E-state index contributed by atoms with van der Waals surface area (Å²) in [5, 5.41) is 11.3. The van der Waals surface area contributed by atoms with Crippen molar-refractivity contribution >= 4 is 24.5 Å². The summed E-state index contributed by atoms with van der Waals surface area (Å²) in [7, 11) is 0. The van der Waals surface area contributed by atoms with E-state index >= 15 is 0 Å². The number of carbonyl (C=O) groups excluding carboxylic acids is 1. The maximum atomic E-state index is 11.3. The molecule has 0 aromatic carbocycles. The first-order valence-corrected chi connectivity index (χ1v) is 5.88. The molecule has 15 heavy (non-hydrogen) atoms. The van der Waals surface area contributed by atoms with Crippen molar-refractivity contribution in [3.05, 3.63) is 0 Å². The molecule has 0 saturated carbocycles. The molecule has 5 heteroatoms. The van der Waals surface area contributed by atoms with Gasteiger partial charge in [-0.15, -0.1) is 0 Å². The van der Waals surface area contributed by atoms with Crippen LogP contribution in [0.4, 0.5) is 0 Å². The Morgan fingerprint density at radius 3 is 2.53 bits per heavy atom. The van der Waals surface area contributed by atoms with Crippen molar-refractivity contribution in [1.29, 1.82) is 0 Å². The standard InChI is InChI=1S/C10H19NO3S/c1-2-3-4-5-9(12)11-8(6-7-15)10(13)14/h8,15H,2-7H2,1H3,(H,11,12)(H,13,14)/t8-/m0/s1. The van der Waals surface area contributed by atoms with Crippen molar-refractivity contribution in [3.63, 3.8) is 0 Å². The van der Waals surface area contributed by atoms with Crippen molar-refractivity contribution in [3.8, 4) is 0 Å². The third kappa shape index (κ3) is 7.25. The van der Waals surface area contributed by atoms with E-state index in [1.807, 2.05) is 0 Å². The van der Waals surface area contributed by atoms with Gasteiger partial charge in [0.15, 0.2) is 0 Å². The van der Waals surface area contributed by atoms with Gasteiger partial charge in [0.2, 0.25) is 5.91 Å². The molecule has 0 heterocycles. The molecule has 0 saturated heterocycles. The van der Waals surface area contributed by atoms with Gasteiger partial charge in [0.05, 0.1) is 0 Å². The van der Waals surface area contributed by atoms with Gasteiger partial charge < -0.3 is 10.4 Å². The molecular formula is C10H19NO3S. The fourth-order valence-corrected chi connectivity index (χ4v) is 1.45. The summed E-state index contributed by atoms with van der Waals surface area (Å²) in [6, 6.07) is -0.795. The first kappa shape index (κ1) is 14.3. The Morgan fingerprint density at radius 2 is 2.07 bits per heavy atom. The van der Waals surface area contributed by atoms with E-state index in [1.165, 1.54) is 0 Å². The lowest BCUT2D eigenvalue weighted by molar-refractivity contribution is -0.141. The van der Waals surface area contributed by atoms with Crippen LogP contribution in [0.5, 0.6) is 0 Å². The SMILES string of the molecule is CCCCCC(=O)N[C@@H](CCS)C(=O)O. The van der Waals surface area contributed by atoms with Gasteiger partial charge in [-0.1, -0.05) is 19.8 Å². The lowest BCUT2D eigenvalue weighted by Crippen LogP contribution is -2.40. The lowest BCUT2D eigenvalue weighted by atomic mass is 10.1. The van der Waals surface area contributed by atoms with Gasteiger partial charge in [-0.05, 0) is 18.6 Å². The van der Waals surface area contributed by atoms with Gasteiger partial charge in [0.25, 0.3) is 0 Å². The highest BCUT2D eigenvalue weighted by molar-refractivity contribution is 7.80. The van der Waals surface area contributed by atoms with Crippen molar-refractivity contribution in [2.45, 2.75) is 45.1 Å². The van der Waals surface area contributed by atoms with Crippen LogP contribution in [0.1, 0.15) is 39.0 Å². The smallest absolute Gasteiger partial charge is 0.326 e. The summed E-state index contributed by atoms with van der Waals surface area (Å²) in [4.78, 5) is 22.0. The summed E-state index contributed by atoms with van der Waals surface area (Å²) in [5.74, 6) is -0.725. The molecule has 0 fully saturated rings. The highest BCUT2D eigenvalue weighted by Gasteiger charge is 2.18. The number of amides is 1. The normalized spacial score (nSPS) is 12.1. The number of carboxylic acid groups (broad SMARTS) is 1. The molecule has 0 spiro atoms. The summed E-state index contributed by atoms with van der Waals surface area (Å²) < 4.78 is 0. The molecule has 4 nitrogen and oxygen atoms in total. The summed E-state index contributed by atoms with van der Waals surface area (Å²) >= 11 is 3.95. The van der Waals surface area contributed by atoms with E-state index in [1.54, 1.807) is 0 Å².